The molecule has 0 heterocycles. The van der Waals surface area contributed by atoms with Gasteiger partial charge in [0.1, 0.15) is 0 Å². The average Bonchev–Trinajstić information content (AvgIpc) is 2.53. The SMILES string of the molecule is Cc1ccc(NC(=O)CN(C)C(=O)Cc2ccc(C)c(C)c2)cc1. The molecular weight excluding hydrogens is 300 g/mol. The van der Waals surface area contributed by atoms with Crippen molar-refractivity contribution in [1.82, 2.24) is 4.90 Å². The van der Waals surface area contributed by atoms with Gasteiger partial charge in [-0.05, 0) is 49.6 Å². The van der Waals surface area contributed by atoms with E-state index < -0.39 is 0 Å². The van der Waals surface area contributed by atoms with E-state index in [-0.39, 0.29) is 18.4 Å². The number of aryl methyl sites for hydroxylation is 3. The fraction of sp³-hybridized carbons (Fsp3) is 0.300. The van der Waals surface area contributed by atoms with E-state index in [2.05, 4.69) is 5.32 Å². The van der Waals surface area contributed by atoms with Crippen molar-refractivity contribution in [3.63, 3.8) is 0 Å². The highest BCUT2D eigenvalue weighted by atomic mass is 16.2. The van der Waals surface area contributed by atoms with E-state index in [0.717, 1.165) is 16.8 Å². The first kappa shape index (κ1) is 17.7. The Balaban J connectivity index is 1.89. The predicted octanol–water partition coefficient (Wildman–Crippen LogP) is 3.25. The molecule has 0 atom stereocenters. The molecule has 4 heteroatoms. The van der Waals surface area contributed by atoms with Crippen LogP contribution in [0.3, 0.4) is 0 Å². The number of carbonyl (C=O) groups is 2. The average molecular weight is 324 g/mol. The fourth-order valence-electron chi connectivity index (χ4n) is 2.36. The molecule has 0 unspecified atom stereocenters. The van der Waals surface area contributed by atoms with Gasteiger partial charge in [-0.3, -0.25) is 9.59 Å². The summed E-state index contributed by atoms with van der Waals surface area (Å²) in [6.45, 7) is 6.10. The van der Waals surface area contributed by atoms with Gasteiger partial charge in [-0.2, -0.15) is 0 Å². The summed E-state index contributed by atoms with van der Waals surface area (Å²) < 4.78 is 0. The van der Waals surface area contributed by atoms with E-state index in [9.17, 15) is 9.59 Å². The second-order valence-electron chi connectivity index (χ2n) is 6.26. The van der Waals surface area contributed by atoms with Crippen LogP contribution in [0.2, 0.25) is 0 Å². The second-order valence-corrected chi connectivity index (χ2v) is 6.26. The Labute approximate surface area is 143 Å². The predicted molar refractivity (Wildman–Crippen MR) is 97.1 cm³/mol. The molecule has 0 aromatic heterocycles. The molecule has 126 valence electrons. The van der Waals surface area contributed by atoms with Crippen molar-refractivity contribution in [1.29, 1.82) is 0 Å². The molecule has 0 spiro atoms. The van der Waals surface area contributed by atoms with Crippen molar-refractivity contribution in [3.8, 4) is 0 Å². The van der Waals surface area contributed by atoms with Gasteiger partial charge in [-0.15, -0.1) is 0 Å². The van der Waals surface area contributed by atoms with Crippen LogP contribution in [-0.2, 0) is 16.0 Å². The molecular formula is C20H24N2O2. The molecule has 2 aromatic rings. The van der Waals surface area contributed by atoms with Crippen LogP contribution < -0.4 is 5.32 Å². The number of carbonyl (C=O) groups excluding carboxylic acids is 2. The van der Waals surface area contributed by atoms with Gasteiger partial charge in [0.15, 0.2) is 0 Å². The number of likely N-dealkylation sites (N-methyl/N-ethyl adjacent to an activating group) is 1. The largest absolute Gasteiger partial charge is 0.336 e. The number of nitrogens with one attached hydrogen (secondary N) is 1. The van der Waals surface area contributed by atoms with Crippen LogP contribution in [0.1, 0.15) is 22.3 Å². The molecule has 0 bridgehead atoms. The number of rotatable bonds is 5. The van der Waals surface area contributed by atoms with Crippen LogP contribution in [0.4, 0.5) is 5.69 Å². The Bertz CT molecular complexity index is 736. The number of anilines is 1. The van der Waals surface area contributed by atoms with E-state index in [1.54, 1.807) is 7.05 Å². The summed E-state index contributed by atoms with van der Waals surface area (Å²) in [6.07, 6.45) is 0.301. The topological polar surface area (TPSA) is 49.4 Å². The third-order valence-electron chi connectivity index (χ3n) is 4.07. The highest BCUT2D eigenvalue weighted by Crippen LogP contribution is 2.11. The molecule has 2 aromatic carbocycles. The van der Waals surface area contributed by atoms with Crippen LogP contribution in [0, 0.1) is 20.8 Å². The van der Waals surface area contributed by atoms with Crippen LogP contribution in [0.5, 0.6) is 0 Å². The lowest BCUT2D eigenvalue weighted by atomic mass is 10.0. The van der Waals surface area contributed by atoms with Gasteiger partial charge in [0, 0.05) is 12.7 Å². The number of hydrogen-bond donors (Lipinski definition) is 1. The van der Waals surface area contributed by atoms with E-state index >= 15 is 0 Å². The Kier molecular flexibility index (Phi) is 5.74. The molecule has 0 aliphatic rings. The first-order valence-corrected chi connectivity index (χ1v) is 8.02. The van der Waals surface area contributed by atoms with Gasteiger partial charge in [-0.1, -0.05) is 35.9 Å². The Hall–Kier alpha value is -2.62. The van der Waals surface area contributed by atoms with Crippen LogP contribution in [-0.4, -0.2) is 30.3 Å². The number of amides is 2. The van der Waals surface area contributed by atoms with Gasteiger partial charge in [0.25, 0.3) is 0 Å². The minimum absolute atomic E-state index is 0.0392. The van der Waals surface area contributed by atoms with Gasteiger partial charge < -0.3 is 10.2 Å². The Morgan fingerprint density at radius 3 is 2.25 bits per heavy atom. The summed E-state index contributed by atoms with van der Waals surface area (Å²) >= 11 is 0. The quantitative estimate of drug-likeness (QED) is 0.918. The van der Waals surface area contributed by atoms with Gasteiger partial charge >= 0.3 is 0 Å². The number of nitrogens with zero attached hydrogens (tertiary/aromatic N) is 1. The molecule has 1 N–H and O–H groups in total. The molecule has 2 rings (SSSR count). The maximum Gasteiger partial charge on any atom is 0.243 e. The van der Waals surface area contributed by atoms with Crippen LogP contribution in [0.25, 0.3) is 0 Å². The lowest BCUT2D eigenvalue weighted by Crippen LogP contribution is -2.35. The maximum atomic E-state index is 12.3. The highest BCUT2D eigenvalue weighted by molar-refractivity contribution is 5.94. The summed E-state index contributed by atoms with van der Waals surface area (Å²) in [4.78, 5) is 25.8. The smallest absolute Gasteiger partial charge is 0.243 e. The highest BCUT2D eigenvalue weighted by Gasteiger charge is 2.14. The van der Waals surface area contributed by atoms with E-state index in [1.807, 2.05) is 63.2 Å². The van der Waals surface area contributed by atoms with Crippen molar-refractivity contribution in [2.45, 2.75) is 27.2 Å². The molecule has 24 heavy (non-hydrogen) atoms. The van der Waals surface area contributed by atoms with E-state index in [4.69, 9.17) is 0 Å². The van der Waals surface area contributed by atoms with Crippen LogP contribution >= 0.6 is 0 Å². The zero-order chi connectivity index (χ0) is 17.7. The standard InChI is InChI=1S/C20H24N2O2/c1-14-5-9-18(10-6-14)21-19(23)13-22(4)20(24)12-17-8-7-15(2)16(3)11-17/h5-11H,12-13H2,1-4H3,(H,21,23). The fourth-order valence-corrected chi connectivity index (χ4v) is 2.36. The monoisotopic (exact) mass is 324 g/mol. The summed E-state index contributed by atoms with van der Waals surface area (Å²) in [7, 11) is 1.65. The minimum Gasteiger partial charge on any atom is -0.336 e. The maximum absolute atomic E-state index is 12.3. The van der Waals surface area contributed by atoms with Crippen molar-refractivity contribution in [3.05, 3.63) is 64.7 Å². The van der Waals surface area contributed by atoms with Crippen molar-refractivity contribution >= 4 is 17.5 Å². The first-order chi connectivity index (χ1) is 11.3. The van der Waals surface area contributed by atoms with Gasteiger partial charge in [-0.25, -0.2) is 0 Å². The Morgan fingerprint density at radius 1 is 0.958 bits per heavy atom. The minimum atomic E-state index is -0.199. The van der Waals surface area contributed by atoms with Gasteiger partial charge in [0.05, 0.1) is 13.0 Å². The number of benzene rings is 2. The number of hydrogen-bond acceptors (Lipinski definition) is 2. The van der Waals surface area contributed by atoms with E-state index in [1.165, 1.54) is 16.0 Å². The van der Waals surface area contributed by atoms with E-state index in [0.29, 0.717) is 6.42 Å². The van der Waals surface area contributed by atoms with Crippen molar-refractivity contribution in [2.24, 2.45) is 0 Å². The molecule has 0 saturated heterocycles. The van der Waals surface area contributed by atoms with Crippen molar-refractivity contribution in [2.75, 3.05) is 18.9 Å². The summed E-state index contributed by atoms with van der Waals surface area (Å²) in [5.74, 6) is -0.271. The summed E-state index contributed by atoms with van der Waals surface area (Å²) in [6, 6.07) is 13.6. The first-order valence-electron chi connectivity index (χ1n) is 8.02. The van der Waals surface area contributed by atoms with Crippen molar-refractivity contribution < 1.29 is 9.59 Å². The lowest BCUT2D eigenvalue weighted by Gasteiger charge is -2.17. The molecule has 2 amide bonds. The molecule has 0 radical (unpaired) electrons. The summed E-state index contributed by atoms with van der Waals surface area (Å²) in [5, 5.41) is 2.80. The third-order valence-corrected chi connectivity index (χ3v) is 4.07. The molecule has 0 saturated carbocycles. The molecule has 4 nitrogen and oxygen atoms in total. The summed E-state index contributed by atoms with van der Waals surface area (Å²) in [5.41, 5.74) is 5.21. The van der Waals surface area contributed by atoms with Crippen LogP contribution in [0.15, 0.2) is 42.5 Å². The molecule has 0 fully saturated rings. The molecule has 0 aliphatic heterocycles. The second kappa shape index (κ2) is 7.77. The Morgan fingerprint density at radius 2 is 1.62 bits per heavy atom. The zero-order valence-corrected chi connectivity index (χ0v) is 14.7. The normalized spacial score (nSPS) is 10.3. The van der Waals surface area contributed by atoms with Gasteiger partial charge in [0.2, 0.25) is 11.8 Å². The molecule has 0 aliphatic carbocycles. The zero-order valence-electron chi connectivity index (χ0n) is 14.7. The third kappa shape index (κ3) is 4.95. The lowest BCUT2D eigenvalue weighted by molar-refractivity contribution is -0.132.